The van der Waals surface area contributed by atoms with E-state index >= 15 is 0 Å². The van der Waals surface area contributed by atoms with Crippen LogP contribution in [0.15, 0.2) is 0 Å². The Morgan fingerprint density at radius 2 is 2.36 bits per heavy atom. The van der Waals surface area contributed by atoms with Gasteiger partial charge in [0.2, 0.25) is 0 Å². The molecule has 1 saturated heterocycles. The monoisotopic (exact) mass is 220 g/mol. The zero-order chi connectivity index (χ0) is 8.32. The number of hydrogen-bond acceptors (Lipinski definition) is 1. The lowest BCUT2D eigenvalue weighted by Gasteiger charge is -2.31. The largest absolute Gasteiger partial charge is 0.381 e. The summed E-state index contributed by atoms with van der Waals surface area (Å²) in [6.45, 7) is 6.49. The molecule has 0 saturated carbocycles. The van der Waals surface area contributed by atoms with Gasteiger partial charge < -0.3 is 4.74 Å². The van der Waals surface area contributed by atoms with Crippen molar-refractivity contribution in [1.82, 2.24) is 0 Å². The van der Waals surface area contributed by atoms with Crippen LogP contribution in [0.1, 0.15) is 26.7 Å². The van der Waals surface area contributed by atoms with Gasteiger partial charge >= 0.3 is 0 Å². The Bertz CT molecular complexity index is 119. The van der Waals surface area contributed by atoms with Gasteiger partial charge in [-0.25, -0.2) is 0 Å². The molecule has 66 valence electrons. The molecule has 1 rings (SSSR count). The third kappa shape index (κ3) is 1.78. The molecule has 1 heterocycles. The first-order chi connectivity index (χ1) is 5.25. The third-order valence-corrected chi connectivity index (χ3v) is 4.17. The summed E-state index contributed by atoms with van der Waals surface area (Å²) in [6, 6.07) is 0. The van der Waals surface area contributed by atoms with Gasteiger partial charge in [0, 0.05) is 17.4 Å². The summed E-state index contributed by atoms with van der Waals surface area (Å²) < 4.78 is 5.44. The maximum absolute atomic E-state index is 5.44. The molecule has 2 atom stereocenters. The number of ether oxygens (including phenoxy) is 1. The molecule has 0 spiro atoms. The van der Waals surface area contributed by atoms with Crippen molar-refractivity contribution in [2.24, 2.45) is 11.3 Å². The summed E-state index contributed by atoms with van der Waals surface area (Å²) in [5.74, 6) is 0.782. The molecule has 1 fully saturated rings. The first-order valence-corrected chi connectivity index (χ1v) is 5.51. The van der Waals surface area contributed by atoms with Crippen LogP contribution in [0.5, 0.6) is 0 Å². The van der Waals surface area contributed by atoms with Crippen molar-refractivity contribution in [3.05, 3.63) is 0 Å². The quantitative estimate of drug-likeness (QED) is 0.666. The van der Waals surface area contributed by atoms with E-state index in [0.717, 1.165) is 24.5 Å². The van der Waals surface area contributed by atoms with Gasteiger partial charge in [0.15, 0.2) is 0 Å². The number of hydrogen-bond donors (Lipinski definition) is 0. The maximum Gasteiger partial charge on any atom is 0.0533 e. The van der Waals surface area contributed by atoms with Gasteiger partial charge in [-0.3, -0.25) is 0 Å². The van der Waals surface area contributed by atoms with Crippen molar-refractivity contribution in [2.45, 2.75) is 26.7 Å². The predicted octanol–water partition coefficient (Wildman–Crippen LogP) is 2.83. The topological polar surface area (TPSA) is 9.23 Å². The van der Waals surface area contributed by atoms with Crippen LogP contribution in [0.3, 0.4) is 0 Å². The van der Waals surface area contributed by atoms with E-state index in [1.807, 2.05) is 0 Å². The minimum absolute atomic E-state index is 0.439. The molecule has 2 heteroatoms. The van der Waals surface area contributed by atoms with Crippen molar-refractivity contribution < 1.29 is 4.74 Å². The second-order valence-corrected chi connectivity index (χ2v) is 4.17. The Labute approximate surface area is 77.6 Å². The summed E-state index contributed by atoms with van der Waals surface area (Å²) in [6.07, 6.45) is 2.49. The van der Waals surface area contributed by atoms with E-state index in [1.165, 1.54) is 12.8 Å². The van der Waals surface area contributed by atoms with E-state index in [9.17, 15) is 0 Å². The smallest absolute Gasteiger partial charge is 0.0533 e. The molecule has 1 nitrogen and oxygen atoms in total. The van der Waals surface area contributed by atoms with Crippen LogP contribution in [0.25, 0.3) is 0 Å². The van der Waals surface area contributed by atoms with Crippen LogP contribution in [0.4, 0.5) is 0 Å². The van der Waals surface area contributed by atoms with Crippen LogP contribution in [0.2, 0.25) is 0 Å². The summed E-state index contributed by atoms with van der Waals surface area (Å²) in [5, 5.41) is 1.09. The molecule has 0 aromatic heterocycles. The SMILES string of the molecule is CCC(C)C1(CBr)CCOC1. The molecule has 0 aromatic carbocycles. The molecule has 11 heavy (non-hydrogen) atoms. The summed E-state index contributed by atoms with van der Waals surface area (Å²) >= 11 is 3.59. The first kappa shape index (κ1) is 9.53. The van der Waals surface area contributed by atoms with E-state index in [2.05, 4.69) is 29.8 Å². The molecular weight excluding hydrogens is 204 g/mol. The number of rotatable bonds is 3. The zero-order valence-corrected chi connectivity index (χ0v) is 8.99. The van der Waals surface area contributed by atoms with E-state index < -0.39 is 0 Å². The summed E-state index contributed by atoms with van der Waals surface area (Å²) in [4.78, 5) is 0. The third-order valence-electron chi connectivity index (χ3n) is 3.06. The van der Waals surface area contributed by atoms with Gasteiger partial charge in [-0.05, 0) is 12.3 Å². The van der Waals surface area contributed by atoms with Crippen molar-refractivity contribution in [3.63, 3.8) is 0 Å². The molecule has 0 radical (unpaired) electrons. The van der Waals surface area contributed by atoms with Crippen LogP contribution in [-0.4, -0.2) is 18.5 Å². The number of halogens is 1. The van der Waals surface area contributed by atoms with Gasteiger partial charge in [-0.15, -0.1) is 0 Å². The fourth-order valence-corrected chi connectivity index (χ4v) is 2.68. The Morgan fingerprint density at radius 3 is 2.73 bits per heavy atom. The van der Waals surface area contributed by atoms with E-state index in [1.54, 1.807) is 0 Å². The minimum atomic E-state index is 0.439. The normalized spacial score (nSPS) is 34.1. The molecule has 0 N–H and O–H groups in total. The van der Waals surface area contributed by atoms with Crippen LogP contribution < -0.4 is 0 Å². The molecule has 0 aromatic rings. The molecule has 0 amide bonds. The number of alkyl halides is 1. The average molecular weight is 221 g/mol. The summed E-state index contributed by atoms with van der Waals surface area (Å²) in [5.41, 5.74) is 0.439. The highest BCUT2D eigenvalue weighted by molar-refractivity contribution is 9.09. The Morgan fingerprint density at radius 1 is 1.64 bits per heavy atom. The lowest BCUT2D eigenvalue weighted by atomic mass is 9.76. The highest BCUT2D eigenvalue weighted by atomic mass is 79.9. The lowest BCUT2D eigenvalue weighted by molar-refractivity contribution is 0.129. The van der Waals surface area contributed by atoms with Crippen molar-refractivity contribution in [1.29, 1.82) is 0 Å². The second-order valence-electron chi connectivity index (χ2n) is 3.61. The molecule has 1 aliphatic heterocycles. The maximum atomic E-state index is 5.44. The van der Waals surface area contributed by atoms with E-state index in [4.69, 9.17) is 4.74 Å². The molecule has 0 bridgehead atoms. The average Bonchev–Trinajstić information content (AvgIpc) is 2.52. The zero-order valence-electron chi connectivity index (χ0n) is 7.40. The van der Waals surface area contributed by atoms with Gasteiger partial charge in [-0.2, -0.15) is 0 Å². The van der Waals surface area contributed by atoms with Crippen LogP contribution in [0, 0.1) is 11.3 Å². The summed E-state index contributed by atoms with van der Waals surface area (Å²) in [7, 11) is 0. The Hall–Kier alpha value is 0.440. The van der Waals surface area contributed by atoms with Gasteiger partial charge in [-0.1, -0.05) is 36.2 Å². The van der Waals surface area contributed by atoms with Gasteiger partial charge in [0.25, 0.3) is 0 Å². The predicted molar refractivity (Wildman–Crippen MR) is 51.1 cm³/mol. The second kappa shape index (κ2) is 3.90. The fourth-order valence-electron chi connectivity index (χ4n) is 1.68. The van der Waals surface area contributed by atoms with Gasteiger partial charge in [0.05, 0.1) is 6.61 Å². The Balaban J connectivity index is 2.58. The Kier molecular flexibility index (Phi) is 3.38. The molecular formula is C9H17BrO. The fraction of sp³-hybridized carbons (Fsp3) is 1.00. The highest BCUT2D eigenvalue weighted by Gasteiger charge is 2.37. The standard InChI is InChI=1S/C9H17BrO/c1-3-8(2)9(6-10)4-5-11-7-9/h8H,3-7H2,1-2H3. The van der Waals surface area contributed by atoms with Crippen molar-refractivity contribution in [2.75, 3.05) is 18.5 Å². The molecule has 1 aliphatic rings. The van der Waals surface area contributed by atoms with Crippen molar-refractivity contribution in [3.8, 4) is 0 Å². The minimum Gasteiger partial charge on any atom is -0.381 e. The van der Waals surface area contributed by atoms with E-state index in [0.29, 0.717) is 5.41 Å². The van der Waals surface area contributed by atoms with E-state index in [-0.39, 0.29) is 0 Å². The molecule has 2 unspecified atom stereocenters. The first-order valence-electron chi connectivity index (χ1n) is 4.39. The molecule has 0 aliphatic carbocycles. The van der Waals surface area contributed by atoms with Crippen LogP contribution >= 0.6 is 15.9 Å². The highest BCUT2D eigenvalue weighted by Crippen LogP contribution is 2.39. The lowest BCUT2D eigenvalue weighted by Crippen LogP contribution is -2.30. The van der Waals surface area contributed by atoms with Gasteiger partial charge in [0.1, 0.15) is 0 Å². The van der Waals surface area contributed by atoms with Crippen molar-refractivity contribution >= 4 is 15.9 Å². The van der Waals surface area contributed by atoms with Crippen LogP contribution in [-0.2, 0) is 4.74 Å².